The fourth-order valence-corrected chi connectivity index (χ4v) is 3.13. The summed E-state index contributed by atoms with van der Waals surface area (Å²) in [6.45, 7) is 1.20. The highest BCUT2D eigenvalue weighted by molar-refractivity contribution is 5.73. The summed E-state index contributed by atoms with van der Waals surface area (Å²) in [7, 11) is 8.44. The number of rotatable bonds is 8. The summed E-state index contributed by atoms with van der Waals surface area (Å²) in [5.41, 5.74) is 2.46. The largest absolute Gasteiger partial charge is 0.332 e. The Kier molecular flexibility index (Phi) is 7.63. The molecule has 0 aliphatic heterocycles. The van der Waals surface area contributed by atoms with E-state index in [0.29, 0.717) is 13.1 Å². The predicted molar refractivity (Wildman–Crippen MR) is 105 cm³/mol. The van der Waals surface area contributed by atoms with Gasteiger partial charge in [-0.05, 0) is 0 Å². The first-order chi connectivity index (χ1) is 12.5. The molecule has 140 valence electrons. The summed E-state index contributed by atoms with van der Waals surface area (Å²) in [6.07, 6.45) is 0. The Bertz CT molecular complexity index is 601. The van der Waals surface area contributed by atoms with E-state index in [1.54, 1.807) is 0 Å². The van der Waals surface area contributed by atoms with Crippen LogP contribution in [0.3, 0.4) is 0 Å². The van der Waals surface area contributed by atoms with E-state index in [4.69, 9.17) is 0 Å². The molecule has 2 atom stereocenters. The summed E-state index contributed by atoms with van der Waals surface area (Å²) in [5, 5.41) is 6.06. The Balaban J connectivity index is 1.89. The second-order valence-corrected chi connectivity index (χ2v) is 7.17. The lowest BCUT2D eigenvalue weighted by Gasteiger charge is -2.24. The smallest absolute Gasteiger partial charge is 0.315 e. The van der Waals surface area contributed by atoms with Gasteiger partial charge in [0.1, 0.15) is 12.1 Å². The fourth-order valence-electron chi connectivity index (χ4n) is 3.13. The lowest BCUT2D eigenvalue weighted by molar-refractivity contribution is -0.890. The Labute approximate surface area is 157 Å². The van der Waals surface area contributed by atoms with Gasteiger partial charge in [0.05, 0.1) is 41.3 Å². The van der Waals surface area contributed by atoms with Crippen molar-refractivity contribution in [1.29, 1.82) is 0 Å². The number of hydrogen-bond donors (Lipinski definition) is 4. The molecule has 26 heavy (non-hydrogen) atoms. The van der Waals surface area contributed by atoms with E-state index in [2.05, 4.69) is 63.1 Å². The SMILES string of the molecule is C[NH+](C)[C@H](CNC(=O)NC[C@@H](c1ccccc1)[NH+](C)C)c1ccccc1. The van der Waals surface area contributed by atoms with Crippen molar-refractivity contribution in [3.63, 3.8) is 0 Å². The van der Waals surface area contributed by atoms with Gasteiger partial charge in [-0.3, -0.25) is 0 Å². The molecule has 4 N–H and O–H groups in total. The van der Waals surface area contributed by atoms with Gasteiger partial charge >= 0.3 is 6.03 Å². The number of likely N-dealkylation sites (N-methyl/N-ethyl adjacent to an activating group) is 2. The van der Waals surface area contributed by atoms with Gasteiger partial charge in [0.2, 0.25) is 0 Å². The zero-order valence-corrected chi connectivity index (χ0v) is 16.3. The van der Waals surface area contributed by atoms with Crippen LogP contribution in [-0.4, -0.2) is 47.3 Å². The molecule has 0 unspecified atom stereocenters. The minimum atomic E-state index is -0.116. The standard InChI is InChI=1S/C21H30N4O/c1-24(2)19(17-11-7-5-8-12-17)15-22-21(26)23-16-20(25(3)4)18-13-9-6-10-14-18/h5-14,19-20H,15-16H2,1-4H3,(H2,22,23,26)/p+2/t19-,20+. The summed E-state index contributed by atoms with van der Waals surface area (Å²) in [6, 6.07) is 21.0. The minimum Gasteiger partial charge on any atom is -0.332 e. The van der Waals surface area contributed by atoms with Crippen molar-refractivity contribution in [2.45, 2.75) is 12.1 Å². The van der Waals surface area contributed by atoms with E-state index < -0.39 is 0 Å². The van der Waals surface area contributed by atoms with E-state index in [9.17, 15) is 4.79 Å². The molecule has 0 aromatic heterocycles. The molecule has 5 heteroatoms. The Morgan fingerprint density at radius 1 is 0.731 bits per heavy atom. The summed E-state index contributed by atoms with van der Waals surface area (Å²) in [4.78, 5) is 14.9. The molecule has 0 saturated heterocycles. The number of carbonyl (C=O) groups is 1. The second-order valence-electron chi connectivity index (χ2n) is 7.17. The molecule has 0 fully saturated rings. The molecule has 0 bridgehead atoms. The molecule has 2 aromatic rings. The van der Waals surface area contributed by atoms with Crippen LogP contribution in [0, 0.1) is 0 Å². The van der Waals surface area contributed by atoms with Gasteiger partial charge in [-0.15, -0.1) is 0 Å². The molecule has 0 radical (unpaired) electrons. The quantitative estimate of drug-likeness (QED) is 0.531. The summed E-state index contributed by atoms with van der Waals surface area (Å²) >= 11 is 0. The van der Waals surface area contributed by atoms with Gasteiger partial charge in [0, 0.05) is 11.1 Å². The number of benzene rings is 2. The van der Waals surface area contributed by atoms with Crippen molar-refractivity contribution in [3.8, 4) is 0 Å². The topological polar surface area (TPSA) is 50.0 Å². The zero-order chi connectivity index (χ0) is 18.9. The average Bonchev–Trinajstić information content (AvgIpc) is 2.63. The molecular formula is C21H32N4O+2. The van der Waals surface area contributed by atoms with E-state index >= 15 is 0 Å². The molecule has 0 aliphatic rings. The highest BCUT2D eigenvalue weighted by Gasteiger charge is 2.20. The Morgan fingerprint density at radius 2 is 1.08 bits per heavy atom. The van der Waals surface area contributed by atoms with Crippen LogP contribution in [0.4, 0.5) is 4.79 Å². The first-order valence-electron chi connectivity index (χ1n) is 9.20. The van der Waals surface area contributed by atoms with Crippen LogP contribution in [0.2, 0.25) is 0 Å². The molecule has 0 aliphatic carbocycles. The highest BCUT2D eigenvalue weighted by atomic mass is 16.2. The van der Waals surface area contributed by atoms with Crippen LogP contribution < -0.4 is 20.4 Å². The monoisotopic (exact) mass is 356 g/mol. The number of quaternary nitrogens is 2. The number of nitrogens with one attached hydrogen (secondary N) is 4. The number of urea groups is 1. The third-order valence-electron chi connectivity index (χ3n) is 4.73. The van der Waals surface area contributed by atoms with Crippen molar-refractivity contribution in [3.05, 3.63) is 71.8 Å². The van der Waals surface area contributed by atoms with E-state index in [0.717, 1.165) is 0 Å². The van der Waals surface area contributed by atoms with E-state index in [1.165, 1.54) is 20.9 Å². The molecular weight excluding hydrogens is 324 g/mol. The van der Waals surface area contributed by atoms with Crippen LogP contribution in [0.15, 0.2) is 60.7 Å². The second kappa shape index (κ2) is 9.94. The van der Waals surface area contributed by atoms with Gasteiger partial charge in [0.15, 0.2) is 0 Å². The number of carbonyl (C=O) groups excluding carboxylic acids is 1. The first kappa shape index (κ1) is 19.9. The van der Waals surface area contributed by atoms with Crippen molar-refractivity contribution >= 4 is 6.03 Å². The molecule has 2 amide bonds. The summed E-state index contributed by atoms with van der Waals surface area (Å²) in [5.74, 6) is 0. The molecule has 0 spiro atoms. The van der Waals surface area contributed by atoms with Crippen molar-refractivity contribution in [2.24, 2.45) is 0 Å². The predicted octanol–water partition coefficient (Wildman–Crippen LogP) is 0.0572. The van der Waals surface area contributed by atoms with Crippen LogP contribution in [-0.2, 0) is 0 Å². The first-order valence-corrected chi connectivity index (χ1v) is 9.20. The Hall–Kier alpha value is -2.37. The van der Waals surface area contributed by atoms with Crippen molar-refractivity contribution in [2.75, 3.05) is 41.3 Å². The van der Waals surface area contributed by atoms with Gasteiger partial charge in [-0.2, -0.15) is 0 Å². The lowest BCUT2D eigenvalue weighted by atomic mass is 10.1. The molecule has 2 aromatic carbocycles. The highest BCUT2D eigenvalue weighted by Crippen LogP contribution is 2.09. The third-order valence-corrected chi connectivity index (χ3v) is 4.73. The lowest BCUT2D eigenvalue weighted by Crippen LogP contribution is -3.07. The van der Waals surface area contributed by atoms with E-state index in [-0.39, 0.29) is 18.1 Å². The van der Waals surface area contributed by atoms with Gasteiger partial charge in [-0.25, -0.2) is 4.79 Å². The average molecular weight is 357 g/mol. The summed E-state index contributed by atoms with van der Waals surface area (Å²) < 4.78 is 0. The number of hydrogen-bond acceptors (Lipinski definition) is 1. The maximum Gasteiger partial charge on any atom is 0.315 e. The molecule has 5 nitrogen and oxygen atoms in total. The molecule has 0 saturated carbocycles. The number of amides is 2. The van der Waals surface area contributed by atoms with Crippen molar-refractivity contribution < 1.29 is 14.6 Å². The zero-order valence-electron chi connectivity index (χ0n) is 16.3. The van der Waals surface area contributed by atoms with E-state index in [1.807, 2.05) is 36.4 Å². The van der Waals surface area contributed by atoms with Gasteiger partial charge in [-0.1, -0.05) is 60.7 Å². The maximum absolute atomic E-state index is 12.3. The molecule has 0 heterocycles. The van der Waals surface area contributed by atoms with Crippen LogP contribution >= 0.6 is 0 Å². The van der Waals surface area contributed by atoms with Crippen LogP contribution in [0.5, 0.6) is 0 Å². The van der Waals surface area contributed by atoms with Gasteiger partial charge in [0.25, 0.3) is 0 Å². The minimum absolute atomic E-state index is 0.116. The van der Waals surface area contributed by atoms with Crippen LogP contribution in [0.25, 0.3) is 0 Å². The van der Waals surface area contributed by atoms with Gasteiger partial charge < -0.3 is 20.4 Å². The van der Waals surface area contributed by atoms with Crippen LogP contribution in [0.1, 0.15) is 23.2 Å². The van der Waals surface area contributed by atoms with Crippen molar-refractivity contribution in [1.82, 2.24) is 10.6 Å². The Morgan fingerprint density at radius 3 is 1.38 bits per heavy atom. The third kappa shape index (κ3) is 5.86. The maximum atomic E-state index is 12.3. The fraction of sp³-hybridized carbons (Fsp3) is 0.381. The normalized spacial score (nSPS) is 13.5. The molecule has 2 rings (SSSR count).